The fraction of sp³-hybridized carbons (Fsp3) is 0.385. The normalized spacial score (nSPS) is 12.7. The van der Waals surface area contributed by atoms with Crippen LogP contribution in [0.3, 0.4) is 0 Å². The SMILES string of the molecule is Cc1nc2ccc(CNCC(O)CC(=O)O)cc2o1. The molecular formula is C13H16N2O4. The first kappa shape index (κ1) is 13.5. The Morgan fingerprint density at radius 2 is 2.32 bits per heavy atom. The smallest absolute Gasteiger partial charge is 0.306 e. The second-order valence-corrected chi connectivity index (χ2v) is 4.42. The number of aromatic nitrogens is 1. The van der Waals surface area contributed by atoms with E-state index in [4.69, 9.17) is 9.52 Å². The molecule has 0 saturated carbocycles. The highest BCUT2D eigenvalue weighted by molar-refractivity contribution is 5.73. The quantitative estimate of drug-likeness (QED) is 0.722. The monoisotopic (exact) mass is 264 g/mol. The van der Waals surface area contributed by atoms with Gasteiger partial charge in [-0.25, -0.2) is 4.98 Å². The molecule has 6 nitrogen and oxygen atoms in total. The first-order chi connectivity index (χ1) is 9.04. The molecule has 0 bridgehead atoms. The molecule has 0 aliphatic carbocycles. The Balaban J connectivity index is 1.89. The maximum atomic E-state index is 10.4. The largest absolute Gasteiger partial charge is 0.481 e. The molecule has 0 radical (unpaired) electrons. The summed E-state index contributed by atoms with van der Waals surface area (Å²) in [6.45, 7) is 2.56. The van der Waals surface area contributed by atoms with Crippen molar-refractivity contribution in [2.24, 2.45) is 0 Å². The molecular weight excluding hydrogens is 248 g/mol. The molecule has 1 heterocycles. The number of hydrogen-bond donors (Lipinski definition) is 3. The lowest BCUT2D eigenvalue weighted by molar-refractivity contribution is -0.139. The van der Waals surface area contributed by atoms with Crippen molar-refractivity contribution < 1.29 is 19.4 Å². The predicted molar refractivity (Wildman–Crippen MR) is 68.7 cm³/mol. The summed E-state index contributed by atoms with van der Waals surface area (Å²) in [5.41, 5.74) is 2.53. The van der Waals surface area contributed by atoms with E-state index in [0.717, 1.165) is 16.7 Å². The van der Waals surface area contributed by atoms with Crippen LogP contribution >= 0.6 is 0 Å². The number of aliphatic hydroxyl groups is 1. The first-order valence-corrected chi connectivity index (χ1v) is 6.01. The number of fused-ring (bicyclic) bond motifs is 1. The minimum absolute atomic E-state index is 0.236. The van der Waals surface area contributed by atoms with Crippen LogP contribution in [0.1, 0.15) is 17.9 Å². The van der Waals surface area contributed by atoms with Gasteiger partial charge in [-0.3, -0.25) is 4.79 Å². The summed E-state index contributed by atoms with van der Waals surface area (Å²) >= 11 is 0. The van der Waals surface area contributed by atoms with Crippen LogP contribution in [0.4, 0.5) is 0 Å². The fourth-order valence-electron chi connectivity index (χ4n) is 1.85. The highest BCUT2D eigenvalue weighted by Gasteiger charge is 2.09. The molecule has 19 heavy (non-hydrogen) atoms. The zero-order chi connectivity index (χ0) is 13.8. The summed E-state index contributed by atoms with van der Waals surface area (Å²) in [4.78, 5) is 14.6. The van der Waals surface area contributed by atoms with Gasteiger partial charge < -0.3 is 19.9 Å². The number of benzene rings is 1. The first-order valence-electron chi connectivity index (χ1n) is 6.01. The van der Waals surface area contributed by atoms with Crippen molar-refractivity contribution in [2.75, 3.05) is 6.54 Å². The van der Waals surface area contributed by atoms with Crippen LogP contribution in [0.25, 0.3) is 11.1 Å². The van der Waals surface area contributed by atoms with E-state index in [-0.39, 0.29) is 13.0 Å². The molecule has 0 fully saturated rings. The van der Waals surface area contributed by atoms with Crippen LogP contribution in [0.2, 0.25) is 0 Å². The third kappa shape index (κ3) is 3.77. The number of oxazole rings is 1. The van der Waals surface area contributed by atoms with Crippen molar-refractivity contribution in [3.8, 4) is 0 Å². The van der Waals surface area contributed by atoms with Crippen molar-refractivity contribution in [3.63, 3.8) is 0 Å². The zero-order valence-electron chi connectivity index (χ0n) is 10.6. The number of hydrogen-bond acceptors (Lipinski definition) is 5. The van der Waals surface area contributed by atoms with Gasteiger partial charge in [0, 0.05) is 20.0 Å². The number of aliphatic carboxylic acids is 1. The van der Waals surface area contributed by atoms with E-state index >= 15 is 0 Å². The molecule has 0 spiro atoms. The molecule has 0 amide bonds. The number of nitrogens with zero attached hydrogens (tertiary/aromatic N) is 1. The highest BCUT2D eigenvalue weighted by atomic mass is 16.4. The van der Waals surface area contributed by atoms with E-state index in [1.165, 1.54) is 0 Å². The van der Waals surface area contributed by atoms with E-state index in [1.807, 2.05) is 18.2 Å². The number of carbonyl (C=O) groups is 1. The predicted octanol–water partition coefficient (Wildman–Crippen LogP) is 1.06. The Kier molecular flexibility index (Phi) is 4.13. The lowest BCUT2D eigenvalue weighted by Crippen LogP contribution is -2.28. The van der Waals surface area contributed by atoms with Crippen molar-refractivity contribution >= 4 is 17.1 Å². The van der Waals surface area contributed by atoms with Gasteiger partial charge in [-0.05, 0) is 17.7 Å². The van der Waals surface area contributed by atoms with Gasteiger partial charge in [0.2, 0.25) is 0 Å². The van der Waals surface area contributed by atoms with Gasteiger partial charge in [-0.2, -0.15) is 0 Å². The van der Waals surface area contributed by atoms with Crippen LogP contribution in [-0.2, 0) is 11.3 Å². The van der Waals surface area contributed by atoms with Gasteiger partial charge in [0.15, 0.2) is 11.5 Å². The van der Waals surface area contributed by atoms with E-state index in [1.54, 1.807) is 6.92 Å². The number of carboxylic acids is 1. The van der Waals surface area contributed by atoms with Crippen molar-refractivity contribution in [1.82, 2.24) is 10.3 Å². The third-order valence-corrected chi connectivity index (χ3v) is 2.68. The topological polar surface area (TPSA) is 95.6 Å². The Morgan fingerprint density at radius 1 is 1.53 bits per heavy atom. The molecule has 3 N–H and O–H groups in total. The lowest BCUT2D eigenvalue weighted by Gasteiger charge is -2.09. The summed E-state index contributed by atoms with van der Waals surface area (Å²) in [5, 5.41) is 20.9. The number of nitrogens with one attached hydrogen (secondary N) is 1. The van der Waals surface area contributed by atoms with Gasteiger partial charge in [-0.15, -0.1) is 0 Å². The van der Waals surface area contributed by atoms with Crippen molar-refractivity contribution in [2.45, 2.75) is 26.0 Å². The highest BCUT2D eigenvalue weighted by Crippen LogP contribution is 2.16. The second-order valence-electron chi connectivity index (χ2n) is 4.42. The molecule has 0 aliphatic rings. The Hall–Kier alpha value is -1.92. The standard InChI is InChI=1S/C13H16N2O4/c1-8-15-11-3-2-9(4-12(11)19-8)6-14-7-10(16)5-13(17)18/h2-4,10,14,16H,5-7H2,1H3,(H,17,18). The zero-order valence-corrected chi connectivity index (χ0v) is 10.6. The number of carboxylic acid groups (broad SMARTS) is 1. The van der Waals surface area contributed by atoms with Crippen LogP contribution in [-0.4, -0.2) is 33.8 Å². The molecule has 102 valence electrons. The maximum Gasteiger partial charge on any atom is 0.306 e. The molecule has 1 aromatic heterocycles. The van der Waals surface area contributed by atoms with E-state index in [0.29, 0.717) is 12.4 Å². The maximum absolute atomic E-state index is 10.4. The third-order valence-electron chi connectivity index (χ3n) is 2.68. The van der Waals surface area contributed by atoms with Gasteiger partial charge in [0.05, 0.1) is 12.5 Å². The number of aryl methyl sites for hydroxylation is 1. The fourth-order valence-corrected chi connectivity index (χ4v) is 1.85. The Labute approximate surface area is 110 Å². The molecule has 2 rings (SSSR count). The molecule has 0 saturated heterocycles. The van der Waals surface area contributed by atoms with Crippen LogP contribution in [0.15, 0.2) is 22.6 Å². The average molecular weight is 264 g/mol. The molecule has 6 heteroatoms. The molecule has 0 aliphatic heterocycles. The van der Waals surface area contributed by atoms with Gasteiger partial charge in [0.1, 0.15) is 5.52 Å². The number of rotatable bonds is 6. The van der Waals surface area contributed by atoms with Crippen molar-refractivity contribution in [1.29, 1.82) is 0 Å². The van der Waals surface area contributed by atoms with Crippen LogP contribution in [0.5, 0.6) is 0 Å². The number of aliphatic hydroxyl groups excluding tert-OH is 1. The minimum atomic E-state index is -1.01. The lowest BCUT2D eigenvalue weighted by atomic mass is 10.2. The van der Waals surface area contributed by atoms with Crippen LogP contribution in [0, 0.1) is 6.92 Å². The van der Waals surface area contributed by atoms with Gasteiger partial charge in [-0.1, -0.05) is 6.07 Å². The van der Waals surface area contributed by atoms with E-state index in [2.05, 4.69) is 10.3 Å². The second kappa shape index (κ2) is 5.81. The van der Waals surface area contributed by atoms with Crippen molar-refractivity contribution in [3.05, 3.63) is 29.7 Å². The molecule has 2 aromatic rings. The van der Waals surface area contributed by atoms with Crippen LogP contribution < -0.4 is 5.32 Å². The molecule has 1 unspecified atom stereocenters. The minimum Gasteiger partial charge on any atom is -0.481 e. The van der Waals surface area contributed by atoms with E-state index < -0.39 is 12.1 Å². The van der Waals surface area contributed by atoms with Gasteiger partial charge in [0.25, 0.3) is 0 Å². The summed E-state index contributed by atoms with van der Waals surface area (Å²) in [6.07, 6.45) is -1.14. The molecule has 1 aromatic carbocycles. The van der Waals surface area contributed by atoms with E-state index in [9.17, 15) is 9.90 Å². The summed E-state index contributed by atoms with van der Waals surface area (Å²) in [5.74, 6) is -0.384. The average Bonchev–Trinajstić information content (AvgIpc) is 2.67. The Bertz CT molecular complexity index is 579. The Morgan fingerprint density at radius 3 is 3.05 bits per heavy atom. The summed E-state index contributed by atoms with van der Waals surface area (Å²) < 4.78 is 5.42. The summed E-state index contributed by atoms with van der Waals surface area (Å²) in [6, 6.07) is 5.67. The van der Waals surface area contributed by atoms with Gasteiger partial charge >= 0.3 is 5.97 Å². The molecule has 1 atom stereocenters. The summed E-state index contributed by atoms with van der Waals surface area (Å²) in [7, 11) is 0.